The lowest BCUT2D eigenvalue weighted by Gasteiger charge is -2.09. The maximum absolute atomic E-state index is 13.9. The number of rotatable bonds is 2. The molecule has 0 atom stereocenters. The van der Waals surface area contributed by atoms with E-state index in [2.05, 4.69) is 9.97 Å². The Balaban J connectivity index is 1.87. The van der Waals surface area contributed by atoms with E-state index in [1.165, 1.54) is 12.3 Å². The van der Waals surface area contributed by atoms with Crippen molar-refractivity contribution in [2.75, 3.05) is 0 Å². The first kappa shape index (κ1) is 15.7. The number of fused-ring (bicyclic) bond motifs is 1. The summed E-state index contributed by atoms with van der Waals surface area (Å²) in [6.45, 7) is 0. The summed E-state index contributed by atoms with van der Waals surface area (Å²) < 4.78 is 13.9. The van der Waals surface area contributed by atoms with Gasteiger partial charge in [0.2, 0.25) is 5.43 Å². The van der Waals surface area contributed by atoms with Crippen molar-refractivity contribution >= 4 is 10.9 Å². The zero-order valence-electron chi connectivity index (χ0n) is 13.5. The van der Waals surface area contributed by atoms with E-state index >= 15 is 0 Å². The van der Waals surface area contributed by atoms with Crippen molar-refractivity contribution in [3.63, 3.8) is 0 Å². The summed E-state index contributed by atoms with van der Waals surface area (Å²) in [6.07, 6.45) is 3.02. The third kappa shape index (κ3) is 2.54. The molecule has 0 bridgehead atoms. The van der Waals surface area contributed by atoms with Crippen molar-refractivity contribution in [2.24, 2.45) is 0 Å². The number of nitrogens with zero attached hydrogens (tertiary/aromatic N) is 2. The molecular weight excluding hydrogens is 329 g/mol. The average Bonchev–Trinajstić information content (AvgIpc) is 2.68. The Labute approximate surface area is 148 Å². The van der Waals surface area contributed by atoms with Crippen molar-refractivity contribution in [1.29, 1.82) is 5.26 Å². The smallest absolute Gasteiger partial charge is 0.209 e. The van der Waals surface area contributed by atoms with Crippen LogP contribution in [0.4, 0.5) is 4.39 Å². The van der Waals surface area contributed by atoms with E-state index in [0.717, 1.165) is 5.56 Å². The normalized spacial score (nSPS) is 10.6. The Morgan fingerprint density at radius 1 is 1.00 bits per heavy atom. The third-order valence-corrected chi connectivity index (χ3v) is 4.27. The first-order valence-electron chi connectivity index (χ1n) is 7.94. The Hall–Kier alpha value is -3.78. The predicted molar refractivity (Wildman–Crippen MR) is 97.9 cm³/mol. The van der Waals surface area contributed by atoms with E-state index < -0.39 is 0 Å². The molecule has 26 heavy (non-hydrogen) atoms. The number of hydrogen-bond donors (Lipinski definition) is 1. The van der Waals surface area contributed by atoms with Crippen LogP contribution in [0.2, 0.25) is 0 Å². The van der Waals surface area contributed by atoms with E-state index in [4.69, 9.17) is 0 Å². The van der Waals surface area contributed by atoms with Crippen LogP contribution in [0, 0.1) is 17.1 Å². The van der Waals surface area contributed by atoms with Crippen molar-refractivity contribution in [3.05, 3.63) is 88.6 Å². The number of nitrogens with one attached hydrogen (secondary N) is 1. The van der Waals surface area contributed by atoms with Gasteiger partial charge in [-0.15, -0.1) is 0 Å². The van der Waals surface area contributed by atoms with Gasteiger partial charge in [-0.2, -0.15) is 5.26 Å². The number of aromatic nitrogens is 2. The lowest BCUT2D eigenvalue weighted by molar-refractivity contribution is 0.631. The minimum Gasteiger partial charge on any atom is -0.353 e. The Kier molecular flexibility index (Phi) is 3.79. The number of pyridine rings is 2. The van der Waals surface area contributed by atoms with Gasteiger partial charge in [-0.05, 0) is 23.3 Å². The molecule has 5 heteroatoms. The first-order chi connectivity index (χ1) is 12.7. The Bertz CT molecular complexity index is 1220. The first-order valence-corrected chi connectivity index (χ1v) is 7.94. The van der Waals surface area contributed by atoms with Crippen LogP contribution in [0.1, 0.15) is 5.56 Å². The van der Waals surface area contributed by atoms with Crippen molar-refractivity contribution in [3.8, 4) is 28.5 Å². The highest BCUT2D eigenvalue weighted by molar-refractivity contribution is 5.84. The predicted octanol–water partition coefficient (Wildman–Crippen LogP) is 4.27. The second kappa shape index (κ2) is 6.26. The minimum atomic E-state index is -0.359. The molecule has 0 aliphatic rings. The summed E-state index contributed by atoms with van der Waals surface area (Å²) >= 11 is 0. The fourth-order valence-corrected chi connectivity index (χ4v) is 2.96. The van der Waals surface area contributed by atoms with Gasteiger partial charge in [-0.3, -0.25) is 9.78 Å². The van der Waals surface area contributed by atoms with Crippen LogP contribution in [0.5, 0.6) is 0 Å². The van der Waals surface area contributed by atoms with Crippen LogP contribution in [-0.2, 0) is 0 Å². The van der Waals surface area contributed by atoms with E-state index in [1.54, 1.807) is 54.7 Å². The molecule has 0 spiro atoms. The van der Waals surface area contributed by atoms with Crippen LogP contribution in [-0.4, -0.2) is 9.97 Å². The molecule has 2 aromatic carbocycles. The molecule has 0 aliphatic heterocycles. The highest BCUT2D eigenvalue weighted by atomic mass is 19.1. The Morgan fingerprint density at radius 2 is 1.73 bits per heavy atom. The van der Waals surface area contributed by atoms with Crippen LogP contribution in [0.15, 0.2) is 71.8 Å². The van der Waals surface area contributed by atoms with E-state index in [0.29, 0.717) is 27.7 Å². The fourth-order valence-electron chi connectivity index (χ4n) is 2.96. The molecule has 0 saturated carbocycles. The van der Waals surface area contributed by atoms with Crippen molar-refractivity contribution < 1.29 is 4.39 Å². The van der Waals surface area contributed by atoms with Crippen LogP contribution in [0.3, 0.4) is 0 Å². The summed E-state index contributed by atoms with van der Waals surface area (Å²) in [5.74, 6) is -0.301. The van der Waals surface area contributed by atoms with E-state index in [9.17, 15) is 14.4 Å². The molecule has 0 unspecified atom stereocenters. The summed E-state index contributed by atoms with van der Waals surface area (Å²) in [5, 5.41) is 9.82. The molecule has 2 heterocycles. The molecule has 4 nitrogen and oxygen atoms in total. The van der Waals surface area contributed by atoms with Gasteiger partial charge < -0.3 is 4.98 Å². The summed E-state index contributed by atoms with van der Waals surface area (Å²) in [5.41, 5.74) is 2.62. The Morgan fingerprint density at radius 3 is 2.46 bits per heavy atom. The molecule has 0 fully saturated rings. The minimum absolute atomic E-state index is 0.0316. The molecule has 4 rings (SSSR count). The van der Waals surface area contributed by atoms with Gasteiger partial charge in [-0.25, -0.2) is 4.39 Å². The van der Waals surface area contributed by atoms with Crippen molar-refractivity contribution in [2.45, 2.75) is 0 Å². The summed E-state index contributed by atoms with van der Waals surface area (Å²) in [7, 11) is 0. The van der Waals surface area contributed by atoms with Gasteiger partial charge in [0.1, 0.15) is 17.4 Å². The number of hydrogen-bond acceptors (Lipinski definition) is 3. The molecule has 2 aromatic heterocycles. The van der Waals surface area contributed by atoms with Gasteiger partial charge in [0, 0.05) is 18.0 Å². The van der Waals surface area contributed by atoms with Gasteiger partial charge in [-0.1, -0.05) is 42.5 Å². The lowest BCUT2D eigenvalue weighted by atomic mass is 10.00. The quantitative estimate of drug-likeness (QED) is 0.592. The average molecular weight is 341 g/mol. The highest BCUT2D eigenvalue weighted by Gasteiger charge is 2.14. The largest absolute Gasteiger partial charge is 0.353 e. The highest BCUT2D eigenvalue weighted by Crippen LogP contribution is 2.27. The van der Waals surface area contributed by atoms with Crippen LogP contribution < -0.4 is 5.43 Å². The SMILES string of the molecule is N#Cc1c(-c2ccc(-c3ccccc3F)cc2)[nH]c2ccncc2c1=O. The van der Waals surface area contributed by atoms with Crippen LogP contribution >= 0.6 is 0 Å². The molecule has 1 N–H and O–H groups in total. The standard InChI is InChI=1S/C21H12FN3O/c22-18-4-2-1-3-15(18)13-5-7-14(8-6-13)20-16(11-23)21(26)17-12-24-10-9-19(17)25-20/h1-10,12H,(H,25,26). The lowest BCUT2D eigenvalue weighted by Crippen LogP contribution is -2.10. The van der Waals surface area contributed by atoms with Crippen LogP contribution in [0.25, 0.3) is 33.3 Å². The second-order valence-corrected chi connectivity index (χ2v) is 5.79. The van der Waals surface area contributed by atoms with E-state index in [1.807, 2.05) is 6.07 Å². The van der Waals surface area contributed by atoms with Gasteiger partial charge in [0.05, 0.1) is 16.6 Å². The summed E-state index contributed by atoms with van der Waals surface area (Å²) in [4.78, 5) is 19.6. The number of nitriles is 1. The number of H-pyrrole nitrogens is 1. The number of halogens is 1. The molecule has 0 saturated heterocycles. The monoisotopic (exact) mass is 341 g/mol. The summed E-state index contributed by atoms with van der Waals surface area (Å²) in [6, 6.07) is 17.3. The van der Waals surface area contributed by atoms with E-state index in [-0.39, 0.29) is 16.8 Å². The molecular formula is C21H12FN3O. The second-order valence-electron chi connectivity index (χ2n) is 5.79. The topological polar surface area (TPSA) is 69.5 Å². The van der Waals surface area contributed by atoms with Gasteiger partial charge >= 0.3 is 0 Å². The maximum atomic E-state index is 13.9. The maximum Gasteiger partial charge on any atom is 0.209 e. The van der Waals surface area contributed by atoms with Gasteiger partial charge in [0.15, 0.2) is 0 Å². The number of aromatic amines is 1. The molecule has 0 radical (unpaired) electrons. The zero-order valence-corrected chi connectivity index (χ0v) is 13.5. The third-order valence-electron chi connectivity index (χ3n) is 4.27. The fraction of sp³-hybridized carbons (Fsp3) is 0. The van der Waals surface area contributed by atoms with Crippen molar-refractivity contribution in [1.82, 2.24) is 9.97 Å². The zero-order chi connectivity index (χ0) is 18.1. The number of benzene rings is 2. The molecule has 4 aromatic rings. The molecule has 124 valence electrons. The molecule has 0 amide bonds. The molecule has 0 aliphatic carbocycles. The van der Waals surface area contributed by atoms with Gasteiger partial charge in [0.25, 0.3) is 0 Å².